The molecule has 1 saturated carbocycles. The van der Waals surface area contributed by atoms with Gasteiger partial charge in [-0.15, -0.1) is 0 Å². The zero-order chi connectivity index (χ0) is 21.1. The summed E-state index contributed by atoms with van der Waals surface area (Å²) in [5, 5.41) is 9.70. The number of hydrogen-bond donors (Lipinski definition) is 1. The number of rotatable bonds is 7. The first-order valence-corrected chi connectivity index (χ1v) is 11.2. The number of aromatic nitrogens is 1. The van der Waals surface area contributed by atoms with E-state index in [9.17, 15) is 5.11 Å². The van der Waals surface area contributed by atoms with Crippen molar-refractivity contribution in [1.29, 1.82) is 0 Å². The van der Waals surface area contributed by atoms with Crippen molar-refractivity contribution in [3.63, 3.8) is 0 Å². The van der Waals surface area contributed by atoms with Gasteiger partial charge in [0.15, 0.2) is 0 Å². The van der Waals surface area contributed by atoms with Crippen LogP contribution in [0, 0.1) is 25.7 Å². The van der Waals surface area contributed by atoms with E-state index in [-0.39, 0.29) is 18.8 Å². The molecule has 1 fully saturated rings. The van der Waals surface area contributed by atoms with Crippen molar-refractivity contribution >= 4 is 0 Å². The Morgan fingerprint density at radius 2 is 2.00 bits per heavy atom. The molecule has 1 aromatic heterocycles. The molecule has 0 radical (unpaired) electrons. The Kier molecular flexibility index (Phi) is 6.59. The van der Waals surface area contributed by atoms with Crippen LogP contribution in [0.3, 0.4) is 0 Å². The molecule has 1 aliphatic heterocycles. The summed E-state index contributed by atoms with van der Waals surface area (Å²) in [5.74, 6) is 2.52. The molecule has 1 N–H and O–H groups in total. The van der Waals surface area contributed by atoms with E-state index in [1.54, 1.807) is 0 Å². The molecule has 30 heavy (non-hydrogen) atoms. The van der Waals surface area contributed by atoms with Crippen molar-refractivity contribution in [2.75, 3.05) is 13.2 Å². The minimum absolute atomic E-state index is 0.218. The van der Waals surface area contributed by atoms with Crippen molar-refractivity contribution in [2.24, 2.45) is 11.8 Å². The van der Waals surface area contributed by atoms with Gasteiger partial charge in [-0.1, -0.05) is 37.1 Å². The monoisotopic (exact) mass is 410 g/mol. The number of ether oxygens (including phenoxy) is 1. The molecule has 162 valence electrons. The molecule has 0 amide bonds. The van der Waals surface area contributed by atoms with Crippen LogP contribution >= 0.6 is 0 Å². The van der Waals surface area contributed by atoms with Crippen molar-refractivity contribution in [3.8, 4) is 11.5 Å². The molecule has 2 aromatic rings. The van der Waals surface area contributed by atoms with Crippen molar-refractivity contribution in [3.05, 3.63) is 53.6 Å². The molecule has 2 aliphatic rings. The first-order chi connectivity index (χ1) is 14.5. The summed E-state index contributed by atoms with van der Waals surface area (Å²) < 4.78 is 12.2. The fourth-order valence-corrected chi connectivity index (χ4v) is 4.69. The third-order valence-corrected chi connectivity index (χ3v) is 6.65. The minimum atomic E-state index is 0.218. The van der Waals surface area contributed by atoms with Crippen LogP contribution in [0.5, 0.6) is 0 Å². The van der Waals surface area contributed by atoms with Crippen LogP contribution in [0.25, 0.3) is 11.5 Å². The van der Waals surface area contributed by atoms with Crippen LogP contribution in [0.15, 0.2) is 41.0 Å². The summed E-state index contributed by atoms with van der Waals surface area (Å²) >= 11 is 0. The van der Waals surface area contributed by atoms with E-state index in [0.29, 0.717) is 24.3 Å². The standard InChI is InChI=1S/C25H34N2O3/c1-17-7-9-21(10-8-17)25-26-23(19(3)30-25)16-29-22-6-4-5-20(13-22)14-27-12-11-18(2)24(27)15-28/h7-12,18,20,22,24,28H,4-6,13-16H2,1-3H3. The van der Waals surface area contributed by atoms with Gasteiger partial charge in [0.2, 0.25) is 5.89 Å². The lowest BCUT2D eigenvalue weighted by Crippen LogP contribution is -2.39. The molecule has 0 saturated heterocycles. The van der Waals surface area contributed by atoms with Gasteiger partial charge in [0.25, 0.3) is 0 Å². The van der Waals surface area contributed by atoms with Crippen molar-refractivity contribution in [2.45, 2.75) is 65.2 Å². The number of oxazole rings is 1. The van der Waals surface area contributed by atoms with Crippen molar-refractivity contribution in [1.82, 2.24) is 9.88 Å². The second-order valence-corrected chi connectivity index (χ2v) is 9.00. The van der Waals surface area contributed by atoms with Gasteiger partial charge in [-0.3, -0.25) is 0 Å². The largest absolute Gasteiger partial charge is 0.441 e. The molecule has 4 rings (SSSR count). The highest BCUT2D eigenvalue weighted by Crippen LogP contribution is 2.31. The van der Waals surface area contributed by atoms with Gasteiger partial charge in [0.05, 0.1) is 25.4 Å². The molecule has 0 spiro atoms. The Hall–Kier alpha value is -2.11. The summed E-state index contributed by atoms with van der Waals surface area (Å²) in [6, 6.07) is 8.47. The maximum Gasteiger partial charge on any atom is 0.226 e. The lowest BCUT2D eigenvalue weighted by molar-refractivity contribution is -0.00510. The summed E-state index contributed by atoms with van der Waals surface area (Å²) in [6.45, 7) is 7.94. The lowest BCUT2D eigenvalue weighted by atomic mass is 9.86. The molecule has 1 aliphatic carbocycles. The van der Waals surface area contributed by atoms with Crippen molar-refractivity contribution < 1.29 is 14.3 Å². The Balaban J connectivity index is 1.32. The summed E-state index contributed by atoms with van der Waals surface area (Å²) in [7, 11) is 0. The molecule has 5 nitrogen and oxygen atoms in total. The van der Waals surface area contributed by atoms with Crippen LogP contribution in [0.4, 0.5) is 0 Å². The zero-order valence-corrected chi connectivity index (χ0v) is 18.4. The fraction of sp³-hybridized carbons (Fsp3) is 0.560. The highest BCUT2D eigenvalue weighted by molar-refractivity contribution is 5.54. The van der Waals surface area contributed by atoms with Gasteiger partial charge in [0, 0.05) is 12.1 Å². The molecule has 5 heteroatoms. The molecule has 4 atom stereocenters. The highest BCUT2D eigenvalue weighted by atomic mass is 16.5. The molecular formula is C25H34N2O3. The zero-order valence-electron chi connectivity index (χ0n) is 18.4. The van der Waals surface area contributed by atoms with Gasteiger partial charge < -0.3 is 19.2 Å². The maximum atomic E-state index is 9.70. The topological polar surface area (TPSA) is 58.7 Å². The van der Waals surface area contributed by atoms with Gasteiger partial charge >= 0.3 is 0 Å². The number of aryl methyl sites for hydroxylation is 2. The Morgan fingerprint density at radius 3 is 2.77 bits per heavy atom. The predicted molar refractivity (Wildman–Crippen MR) is 118 cm³/mol. The fourth-order valence-electron chi connectivity index (χ4n) is 4.69. The van der Waals surface area contributed by atoms with E-state index in [1.807, 2.05) is 19.1 Å². The van der Waals surface area contributed by atoms with Crippen LogP contribution in [0.2, 0.25) is 0 Å². The smallest absolute Gasteiger partial charge is 0.226 e. The number of aliphatic hydroxyl groups excluding tert-OH is 1. The van der Waals surface area contributed by atoms with Gasteiger partial charge in [-0.25, -0.2) is 4.98 Å². The van der Waals surface area contributed by atoms with E-state index in [1.165, 1.54) is 18.4 Å². The lowest BCUT2D eigenvalue weighted by Gasteiger charge is -2.35. The van der Waals surface area contributed by atoms with Crippen LogP contribution in [-0.4, -0.2) is 40.3 Å². The number of hydrogen-bond acceptors (Lipinski definition) is 5. The Bertz CT molecular complexity index is 858. The maximum absolute atomic E-state index is 9.70. The summed E-state index contributed by atoms with van der Waals surface area (Å²) in [6.07, 6.45) is 9.24. The quantitative estimate of drug-likeness (QED) is 0.706. The van der Waals surface area contributed by atoms with Crippen LogP contribution in [-0.2, 0) is 11.3 Å². The van der Waals surface area contributed by atoms with E-state index in [0.717, 1.165) is 36.4 Å². The Labute approximate surface area is 179 Å². The van der Waals surface area contributed by atoms with Gasteiger partial charge in [0.1, 0.15) is 11.5 Å². The predicted octanol–water partition coefficient (Wildman–Crippen LogP) is 4.86. The average molecular weight is 411 g/mol. The minimum Gasteiger partial charge on any atom is -0.441 e. The molecule has 0 bridgehead atoms. The molecule has 1 aromatic carbocycles. The van der Waals surface area contributed by atoms with Crippen LogP contribution in [0.1, 0.15) is 49.6 Å². The Morgan fingerprint density at radius 1 is 1.20 bits per heavy atom. The number of nitrogens with zero attached hydrogens (tertiary/aromatic N) is 2. The second kappa shape index (κ2) is 9.36. The van der Waals surface area contributed by atoms with Gasteiger partial charge in [-0.05, 0) is 63.3 Å². The van der Waals surface area contributed by atoms with E-state index < -0.39 is 0 Å². The summed E-state index contributed by atoms with van der Waals surface area (Å²) in [5.41, 5.74) is 3.12. The van der Waals surface area contributed by atoms with E-state index in [4.69, 9.17) is 9.15 Å². The molecule has 4 unspecified atom stereocenters. The second-order valence-electron chi connectivity index (χ2n) is 9.00. The third kappa shape index (κ3) is 4.79. The normalized spacial score (nSPS) is 26.5. The van der Waals surface area contributed by atoms with Gasteiger partial charge in [-0.2, -0.15) is 0 Å². The SMILES string of the molecule is Cc1ccc(-c2nc(COC3CCCC(CN4C=CC(C)C4CO)C3)c(C)o2)cc1. The van der Waals surface area contributed by atoms with E-state index in [2.05, 4.69) is 48.1 Å². The third-order valence-electron chi connectivity index (χ3n) is 6.65. The first-order valence-electron chi connectivity index (χ1n) is 11.2. The van der Waals surface area contributed by atoms with Crippen LogP contribution < -0.4 is 0 Å². The number of aliphatic hydroxyl groups is 1. The summed E-state index contributed by atoms with van der Waals surface area (Å²) in [4.78, 5) is 7.02. The highest BCUT2D eigenvalue weighted by Gasteiger charge is 2.30. The average Bonchev–Trinajstić information content (AvgIpc) is 3.29. The number of benzene rings is 1. The molecule has 2 heterocycles. The molecular weight excluding hydrogens is 376 g/mol. The van der Waals surface area contributed by atoms with E-state index >= 15 is 0 Å². The first kappa shape index (κ1) is 21.1.